The molecule has 5 nitrogen and oxygen atoms in total. The van der Waals surface area contributed by atoms with Gasteiger partial charge in [-0.05, 0) is 124 Å². The first-order valence-electron chi connectivity index (χ1n) is 15.9. The van der Waals surface area contributed by atoms with E-state index < -0.39 is 0 Å². The van der Waals surface area contributed by atoms with Crippen molar-refractivity contribution in [2.45, 2.75) is 119 Å². The molecule has 220 valence electrons. The number of alkyl carbamates (subject to hydrolysis) is 1. The molecule has 10 atom stereocenters. The number of methoxy groups -OCH3 is 1. The van der Waals surface area contributed by atoms with Gasteiger partial charge in [0, 0.05) is 12.0 Å². The minimum atomic E-state index is -0.330. The Hall–Kier alpha value is -1.52. The van der Waals surface area contributed by atoms with Crippen LogP contribution in [0.1, 0.15) is 113 Å². The molecule has 0 saturated heterocycles. The highest BCUT2D eigenvalue weighted by Crippen LogP contribution is 2.77. The van der Waals surface area contributed by atoms with Gasteiger partial charge in [-0.3, -0.25) is 4.79 Å². The topological polar surface area (TPSA) is 64.6 Å². The lowest BCUT2D eigenvalue weighted by Crippen LogP contribution is -2.67. The molecule has 5 aliphatic carbocycles. The van der Waals surface area contributed by atoms with Gasteiger partial charge in [-0.1, -0.05) is 46.8 Å². The van der Waals surface area contributed by atoms with Crippen LogP contribution in [0, 0.1) is 56.7 Å². The summed E-state index contributed by atoms with van der Waals surface area (Å²) in [5, 5.41) is 2.84. The van der Waals surface area contributed by atoms with Crippen LogP contribution in [0.5, 0.6) is 0 Å². The minimum absolute atomic E-state index is 0.0356. The van der Waals surface area contributed by atoms with Gasteiger partial charge in [0.15, 0.2) is 0 Å². The van der Waals surface area contributed by atoms with Gasteiger partial charge in [-0.2, -0.15) is 0 Å². The van der Waals surface area contributed by atoms with Crippen LogP contribution in [0.4, 0.5) is 4.79 Å². The van der Waals surface area contributed by atoms with Crippen LogP contribution < -0.4 is 5.32 Å². The largest absolute Gasteiger partial charge is 0.469 e. The Morgan fingerprint density at radius 1 is 0.872 bits per heavy atom. The number of amides is 1. The normalized spacial score (nSPS) is 48.0. The molecule has 0 aliphatic heterocycles. The number of esters is 1. The van der Waals surface area contributed by atoms with E-state index in [-0.39, 0.29) is 45.2 Å². The minimum Gasteiger partial charge on any atom is -0.469 e. The second-order valence-corrected chi connectivity index (χ2v) is 15.6. The number of hydrogen-bond acceptors (Lipinski definition) is 4. The van der Waals surface area contributed by atoms with Crippen LogP contribution in [0.2, 0.25) is 0 Å². The highest BCUT2D eigenvalue weighted by atomic mass is 16.6. The average molecular weight is 542 g/mol. The van der Waals surface area contributed by atoms with Gasteiger partial charge in [-0.15, -0.1) is 0 Å². The van der Waals surface area contributed by atoms with E-state index in [1.807, 2.05) is 6.92 Å². The molecule has 5 aliphatic rings. The summed E-state index contributed by atoms with van der Waals surface area (Å²) < 4.78 is 11.6. The molecule has 0 spiro atoms. The molecule has 0 unspecified atom stereocenters. The Morgan fingerprint density at radius 2 is 1.59 bits per heavy atom. The fourth-order valence-corrected chi connectivity index (χ4v) is 12.2. The molecule has 0 aromatic heterocycles. The van der Waals surface area contributed by atoms with Gasteiger partial charge in [-0.25, -0.2) is 4.79 Å². The molecule has 0 radical (unpaired) electrons. The van der Waals surface area contributed by atoms with Crippen LogP contribution in [-0.2, 0) is 14.3 Å². The van der Waals surface area contributed by atoms with Crippen LogP contribution in [0.3, 0.4) is 0 Å². The number of ether oxygens (including phenoxy) is 2. The first-order valence-corrected chi connectivity index (χ1v) is 15.9. The molecular formula is C34H55NO4. The third-order valence-corrected chi connectivity index (χ3v) is 14.2. The Morgan fingerprint density at radius 3 is 2.23 bits per heavy atom. The molecule has 5 fully saturated rings. The van der Waals surface area contributed by atoms with Gasteiger partial charge in [0.2, 0.25) is 0 Å². The first-order chi connectivity index (χ1) is 18.2. The SMILES string of the molecule is C=C(C)[C@@H]1CC[C@]2(C(=O)OC)CC[C@]3(C)[C@H](CC[C@@H]4[C@@]5(C)CC[C@H](OC(=O)NCC)C(C)(C)[C@@H]5CC[C@]43C)[C@@H]12. The van der Waals surface area contributed by atoms with Gasteiger partial charge in [0.1, 0.15) is 6.10 Å². The van der Waals surface area contributed by atoms with E-state index in [1.54, 1.807) is 7.11 Å². The van der Waals surface area contributed by atoms with Crippen molar-refractivity contribution >= 4 is 12.1 Å². The lowest BCUT2D eigenvalue weighted by molar-refractivity contribution is -0.248. The van der Waals surface area contributed by atoms with E-state index in [4.69, 9.17) is 9.47 Å². The molecule has 5 heteroatoms. The van der Waals surface area contributed by atoms with Crippen LogP contribution >= 0.6 is 0 Å². The monoisotopic (exact) mass is 541 g/mol. The zero-order chi connectivity index (χ0) is 28.6. The predicted molar refractivity (Wildman–Crippen MR) is 155 cm³/mol. The van der Waals surface area contributed by atoms with Crippen molar-refractivity contribution in [3.63, 3.8) is 0 Å². The number of carbonyl (C=O) groups excluding carboxylic acids is 2. The fraction of sp³-hybridized carbons (Fsp3) is 0.882. The third-order valence-electron chi connectivity index (χ3n) is 14.2. The zero-order valence-corrected chi connectivity index (χ0v) is 26.1. The Balaban J connectivity index is 1.48. The van der Waals surface area contributed by atoms with Crippen molar-refractivity contribution in [3.05, 3.63) is 12.2 Å². The molecule has 5 saturated carbocycles. The fourth-order valence-electron chi connectivity index (χ4n) is 12.2. The second kappa shape index (κ2) is 9.51. The van der Waals surface area contributed by atoms with E-state index >= 15 is 0 Å². The van der Waals surface area contributed by atoms with E-state index in [2.05, 4.69) is 53.4 Å². The summed E-state index contributed by atoms with van der Waals surface area (Å²) in [7, 11) is 1.59. The van der Waals surface area contributed by atoms with E-state index in [0.29, 0.717) is 36.1 Å². The lowest BCUT2D eigenvalue weighted by atomic mass is 9.32. The predicted octanol–water partition coefficient (Wildman–Crippen LogP) is 7.93. The summed E-state index contributed by atoms with van der Waals surface area (Å²) in [4.78, 5) is 25.9. The molecule has 1 amide bonds. The number of rotatable bonds is 4. The maximum atomic E-state index is 13.4. The lowest BCUT2D eigenvalue weighted by Gasteiger charge is -2.72. The maximum absolute atomic E-state index is 13.4. The Bertz CT molecular complexity index is 1020. The van der Waals surface area contributed by atoms with Crippen LogP contribution in [0.15, 0.2) is 12.2 Å². The highest BCUT2D eigenvalue weighted by Gasteiger charge is 2.72. The van der Waals surface area contributed by atoms with E-state index in [9.17, 15) is 9.59 Å². The van der Waals surface area contributed by atoms with Crippen LogP contribution in [0.25, 0.3) is 0 Å². The number of allylic oxidation sites excluding steroid dienone is 1. The van der Waals surface area contributed by atoms with E-state index in [0.717, 1.165) is 38.5 Å². The summed E-state index contributed by atoms with van der Waals surface area (Å²) in [5.41, 5.74) is 1.53. The van der Waals surface area contributed by atoms with E-state index in [1.165, 1.54) is 31.3 Å². The van der Waals surface area contributed by atoms with Gasteiger partial charge >= 0.3 is 12.1 Å². The number of hydrogen-bond donors (Lipinski definition) is 1. The highest BCUT2D eigenvalue weighted by molar-refractivity contribution is 5.78. The Kier molecular flexibility index (Phi) is 7.07. The molecule has 5 rings (SSSR count). The molecule has 39 heavy (non-hydrogen) atoms. The zero-order valence-electron chi connectivity index (χ0n) is 26.1. The average Bonchev–Trinajstić information content (AvgIpc) is 3.27. The van der Waals surface area contributed by atoms with Crippen molar-refractivity contribution in [3.8, 4) is 0 Å². The number of nitrogens with one attached hydrogen (secondary N) is 1. The van der Waals surface area contributed by atoms with Gasteiger partial charge in [0.05, 0.1) is 12.5 Å². The molecule has 0 bridgehead atoms. The summed E-state index contributed by atoms with van der Waals surface area (Å²) >= 11 is 0. The molecular weight excluding hydrogens is 486 g/mol. The summed E-state index contributed by atoms with van der Waals surface area (Å²) in [6.45, 7) is 21.7. The van der Waals surface area contributed by atoms with Gasteiger partial charge < -0.3 is 14.8 Å². The quantitative estimate of drug-likeness (QED) is 0.290. The summed E-state index contributed by atoms with van der Waals surface area (Å²) in [6.07, 6.45) is 10.7. The number of carbonyl (C=O) groups is 2. The van der Waals surface area contributed by atoms with Crippen molar-refractivity contribution in [2.75, 3.05) is 13.7 Å². The third kappa shape index (κ3) is 3.83. The van der Waals surface area contributed by atoms with Crippen molar-refractivity contribution in [2.24, 2.45) is 56.7 Å². The summed E-state index contributed by atoms with van der Waals surface area (Å²) in [5.74, 6) is 2.51. The van der Waals surface area contributed by atoms with Gasteiger partial charge in [0.25, 0.3) is 0 Å². The summed E-state index contributed by atoms with van der Waals surface area (Å²) in [6, 6.07) is 0. The standard InChI is InChI=1S/C34H55NO4/c1-10-35-29(37)39-26-15-16-31(6)24(30(26,4)5)14-17-33(8)25(31)12-11-23-27-22(21(2)3)13-18-34(27,28(36)38-9)20-19-32(23,33)7/h22-27H,2,10-20H2,1,3-9H3,(H,35,37)/t22-,23+,24-,25+,26-,27+,31-,32+,33+,34-/m0/s1. The molecule has 1 N–H and O–H groups in total. The van der Waals surface area contributed by atoms with Crippen molar-refractivity contribution < 1.29 is 19.1 Å². The molecule has 0 aromatic carbocycles. The maximum Gasteiger partial charge on any atom is 0.407 e. The second-order valence-electron chi connectivity index (χ2n) is 15.6. The molecule has 0 aromatic rings. The van der Waals surface area contributed by atoms with Crippen molar-refractivity contribution in [1.29, 1.82) is 0 Å². The van der Waals surface area contributed by atoms with Crippen LogP contribution in [-0.4, -0.2) is 31.8 Å². The van der Waals surface area contributed by atoms with Crippen molar-refractivity contribution in [1.82, 2.24) is 5.32 Å². The first kappa shape index (κ1) is 29.0. The number of fused-ring (bicyclic) bond motifs is 7. The Labute approximate surface area is 237 Å². The molecule has 0 heterocycles. The smallest absolute Gasteiger partial charge is 0.407 e.